The number of rotatable bonds is 7. The molecule has 1 aromatic heterocycles. The van der Waals surface area contributed by atoms with Crippen molar-refractivity contribution in [1.29, 1.82) is 0 Å². The molecule has 0 radical (unpaired) electrons. The lowest BCUT2D eigenvalue weighted by molar-refractivity contribution is -0.00837. The van der Waals surface area contributed by atoms with Gasteiger partial charge in [0.05, 0.1) is 0 Å². The molecule has 0 bridgehead atoms. The molecule has 0 amide bonds. The SMILES string of the molecule is CCCNCc1cnc(C(C)(CC)OC)[nH]1. The lowest BCUT2D eigenvalue weighted by Gasteiger charge is -2.23. The van der Waals surface area contributed by atoms with E-state index in [1.54, 1.807) is 7.11 Å². The van der Waals surface area contributed by atoms with Gasteiger partial charge in [0.2, 0.25) is 0 Å². The molecule has 0 fully saturated rings. The molecule has 0 aliphatic rings. The van der Waals surface area contributed by atoms with Gasteiger partial charge in [-0.2, -0.15) is 0 Å². The molecule has 4 nitrogen and oxygen atoms in total. The van der Waals surface area contributed by atoms with Crippen molar-refractivity contribution in [2.45, 2.75) is 45.8 Å². The van der Waals surface area contributed by atoms with E-state index in [1.807, 2.05) is 6.20 Å². The van der Waals surface area contributed by atoms with Gasteiger partial charge >= 0.3 is 0 Å². The predicted octanol–water partition coefficient (Wildman–Crippen LogP) is 2.18. The first-order chi connectivity index (χ1) is 7.66. The molecule has 0 aliphatic heterocycles. The summed E-state index contributed by atoms with van der Waals surface area (Å²) in [5.74, 6) is 0.908. The van der Waals surface area contributed by atoms with Gasteiger partial charge in [-0.25, -0.2) is 4.98 Å². The van der Waals surface area contributed by atoms with E-state index >= 15 is 0 Å². The average Bonchev–Trinajstić information content (AvgIpc) is 2.78. The topological polar surface area (TPSA) is 49.9 Å². The van der Waals surface area contributed by atoms with Crippen LogP contribution in [0.1, 0.15) is 45.1 Å². The smallest absolute Gasteiger partial charge is 0.138 e. The number of aromatic amines is 1. The van der Waals surface area contributed by atoms with Crippen molar-refractivity contribution in [2.24, 2.45) is 0 Å². The van der Waals surface area contributed by atoms with E-state index in [0.29, 0.717) is 0 Å². The Balaban J connectivity index is 2.63. The largest absolute Gasteiger partial charge is 0.371 e. The van der Waals surface area contributed by atoms with Gasteiger partial charge in [0, 0.05) is 25.5 Å². The molecular formula is C12H23N3O. The van der Waals surface area contributed by atoms with Crippen molar-refractivity contribution in [3.63, 3.8) is 0 Å². The van der Waals surface area contributed by atoms with Gasteiger partial charge in [0.1, 0.15) is 11.4 Å². The van der Waals surface area contributed by atoms with Crippen molar-refractivity contribution in [3.05, 3.63) is 17.7 Å². The molecule has 0 aromatic carbocycles. The third-order valence-electron chi connectivity index (χ3n) is 3.00. The zero-order chi connectivity index (χ0) is 12.0. The maximum absolute atomic E-state index is 5.50. The molecule has 92 valence electrons. The summed E-state index contributed by atoms with van der Waals surface area (Å²) in [5.41, 5.74) is 0.809. The summed E-state index contributed by atoms with van der Waals surface area (Å²) in [6, 6.07) is 0. The van der Waals surface area contributed by atoms with E-state index in [1.165, 1.54) is 0 Å². The molecule has 0 saturated heterocycles. The van der Waals surface area contributed by atoms with Crippen LogP contribution in [0.4, 0.5) is 0 Å². The third-order valence-corrected chi connectivity index (χ3v) is 3.00. The lowest BCUT2D eigenvalue weighted by Crippen LogP contribution is -2.25. The minimum atomic E-state index is -0.303. The van der Waals surface area contributed by atoms with Gasteiger partial charge < -0.3 is 15.0 Å². The first-order valence-corrected chi connectivity index (χ1v) is 5.96. The first-order valence-electron chi connectivity index (χ1n) is 5.96. The molecular weight excluding hydrogens is 202 g/mol. The number of H-pyrrole nitrogens is 1. The van der Waals surface area contributed by atoms with Crippen LogP contribution < -0.4 is 5.32 Å². The van der Waals surface area contributed by atoms with Gasteiger partial charge in [-0.05, 0) is 26.3 Å². The van der Waals surface area contributed by atoms with E-state index in [-0.39, 0.29) is 5.60 Å². The monoisotopic (exact) mass is 225 g/mol. The van der Waals surface area contributed by atoms with Gasteiger partial charge in [-0.1, -0.05) is 13.8 Å². The normalized spacial score (nSPS) is 15.0. The van der Waals surface area contributed by atoms with E-state index < -0.39 is 0 Å². The van der Waals surface area contributed by atoms with Gasteiger partial charge in [-0.15, -0.1) is 0 Å². The molecule has 1 heterocycles. The second-order valence-corrected chi connectivity index (χ2v) is 4.22. The number of imidazole rings is 1. The number of methoxy groups -OCH3 is 1. The highest BCUT2D eigenvalue weighted by Gasteiger charge is 2.27. The second-order valence-electron chi connectivity index (χ2n) is 4.22. The lowest BCUT2D eigenvalue weighted by atomic mass is 10.0. The molecule has 1 rings (SSSR count). The highest BCUT2D eigenvalue weighted by Crippen LogP contribution is 2.25. The van der Waals surface area contributed by atoms with Crippen LogP contribution in [0.5, 0.6) is 0 Å². The predicted molar refractivity (Wildman–Crippen MR) is 65.2 cm³/mol. The van der Waals surface area contributed by atoms with Gasteiger partial charge in [0.25, 0.3) is 0 Å². The Morgan fingerprint density at radius 1 is 1.50 bits per heavy atom. The molecule has 4 heteroatoms. The van der Waals surface area contributed by atoms with Crippen LogP contribution >= 0.6 is 0 Å². The third kappa shape index (κ3) is 3.06. The van der Waals surface area contributed by atoms with Gasteiger partial charge in [0.15, 0.2) is 0 Å². The van der Waals surface area contributed by atoms with Crippen LogP contribution in [-0.2, 0) is 16.9 Å². The molecule has 0 spiro atoms. The number of hydrogen-bond donors (Lipinski definition) is 2. The molecule has 16 heavy (non-hydrogen) atoms. The summed E-state index contributed by atoms with van der Waals surface area (Å²) in [6.45, 7) is 8.18. The molecule has 2 N–H and O–H groups in total. The fourth-order valence-corrected chi connectivity index (χ4v) is 1.53. The Hall–Kier alpha value is -0.870. The average molecular weight is 225 g/mol. The number of ether oxygens (including phenoxy) is 1. The van der Waals surface area contributed by atoms with Crippen molar-refractivity contribution in [3.8, 4) is 0 Å². The van der Waals surface area contributed by atoms with Crippen molar-refractivity contribution < 1.29 is 4.74 Å². The van der Waals surface area contributed by atoms with E-state index in [0.717, 1.165) is 37.4 Å². The Morgan fingerprint density at radius 2 is 2.25 bits per heavy atom. The van der Waals surface area contributed by atoms with Crippen LogP contribution in [0.3, 0.4) is 0 Å². The highest BCUT2D eigenvalue weighted by molar-refractivity contribution is 5.07. The summed E-state index contributed by atoms with van der Waals surface area (Å²) < 4.78 is 5.50. The first kappa shape index (κ1) is 13.2. The molecule has 1 aromatic rings. The van der Waals surface area contributed by atoms with Crippen molar-refractivity contribution in [2.75, 3.05) is 13.7 Å². The highest BCUT2D eigenvalue weighted by atomic mass is 16.5. The number of aromatic nitrogens is 2. The quantitative estimate of drug-likeness (QED) is 0.699. The van der Waals surface area contributed by atoms with E-state index in [4.69, 9.17) is 4.74 Å². The minimum Gasteiger partial charge on any atom is -0.371 e. The maximum Gasteiger partial charge on any atom is 0.138 e. The molecule has 0 aliphatic carbocycles. The Bertz CT molecular complexity index is 305. The summed E-state index contributed by atoms with van der Waals surface area (Å²) in [4.78, 5) is 7.70. The van der Waals surface area contributed by atoms with Crippen LogP contribution in [0.15, 0.2) is 6.20 Å². The number of nitrogens with one attached hydrogen (secondary N) is 2. The standard InChI is InChI=1S/C12H23N3O/c1-5-7-13-8-10-9-14-11(15-10)12(3,6-2)16-4/h9,13H,5-8H2,1-4H3,(H,14,15). The summed E-state index contributed by atoms with van der Waals surface area (Å²) in [7, 11) is 1.72. The van der Waals surface area contributed by atoms with Crippen molar-refractivity contribution >= 4 is 0 Å². The molecule has 1 atom stereocenters. The fraction of sp³-hybridized carbons (Fsp3) is 0.750. The number of hydrogen-bond acceptors (Lipinski definition) is 3. The van der Waals surface area contributed by atoms with Crippen molar-refractivity contribution in [1.82, 2.24) is 15.3 Å². The van der Waals surface area contributed by atoms with Gasteiger partial charge in [-0.3, -0.25) is 0 Å². The van der Waals surface area contributed by atoms with Crippen LogP contribution in [0.25, 0.3) is 0 Å². The zero-order valence-electron chi connectivity index (χ0n) is 10.8. The summed E-state index contributed by atoms with van der Waals surface area (Å²) in [6.07, 6.45) is 3.93. The minimum absolute atomic E-state index is 0.303. The Kier molecular flexibility index (Phi) is 4.96. The molecule has 0 saturated carbocycles. The number of nitrogens with zero attached hydrogens (tertiary/aromatic N) is 1. The Labute approximate surface area is 97.8 Å². The summed E-state index contributed by atoms with van der Waals surface area (Å²) in [5, 5.41) is 3.34. The second kappa shape index (κ2) is 6.01. The van der Waals surface area contributed by atoms with Crippen LogP contribution in [0, 0.1) is 0 Å². The van der Waals surface area contributed by atoms with Crippen LogP contribution in [-0.4, -0.2) is 23.6 Å². The summed E-state index contributed by atoms with van der Waals surface area (Å²) >= 11 is 0. The van der Waals surface area contributed by atoms with E-state index in [2.05, 4.69) is 36.1 Å². The van der Waals surface area contributed by atoms with E-state index in [9.17, 15) is 0 Å². The maximum atomic E-state index is 5.50. The fourth-order valence-electron chi connectivity index (χ4n) is 1.53. The molecule has 1 unspecified atom stereocenters. The zero-order valence-corrected chi connectivity index (χ0v) is 10.8. The van der Waals surface area contributed by atoms with Crippen LogP contribution in [0.2, 0.25) is 0 Å². The Morgan fingerprint density at radius 3 is 2.81 bits per heavy atom.